The minimum Gasteiger partial charge on any atom is -0.362 e. The second kappa shape index (κ2) is 7.85. The number of nitrogens with one attached hydrogen (secondary N) is 2. The maximum Gasteiger partial charge on any atom is 0.416 e. The number of thiocarbonyl (C=S) groups is 1. The number of hydrogen-bond donors (Lipinski definition) is 2. The van der Waals surface area contributed by atoms with Gasteiger partial charge in [0, 0.05) is 17.3 Å². The van der Waals surface area contributed by atoms with E-state index in [1.807, 2.05) is 19.1 Å². The Hall–Kier alpha value is -1.79. The highest BCUT2D eigenvalue weighted by Gasteiger charge is 2.30. The monoisotopic (exact) mass is 372 g/mol. The third-order valence-corrected chi connectivity index (χ3v) is 3.87. The van der Waals surface area contributed by atoms with Gasteiger partial charge in [-0.15, -0.1) is 0 Å². The zero-order valence-electron chi connectivity index (χ0n) is 12.9. The molecule has 0 aliphatic rings. The van der Waals surface area contributed by atoms with Gasteiger partial charge in [-0.05, 0) is 61.0 Å². The Labute approximate surface area is 149 Å². The molecule has 2 N–H and O–H groups in total. The average molecular weight is 373 g/mol. The molecule has 0 aliphatic heterocycles. The first-order valence-electron chi connectivity index (χ1n) is 7.23. The Morgan fingerprint density at radius 2 is 1.92 bits per heavy atom. The van der Waals surface area contributed by atoms with Gasteiger partial charge in [0.2, 0.25) is 0 Å². The second-order valence-electron chi connectivity index (χ2n) is 5.29. The zero-order chi connectivity index (χ0) is 17.7. The molecule has 0 radical (unpaired) electrons. The molecule has 0 aromatic heterocycles. The number of benzene rings is 2. The van der Waals surface area contributed by atoms with Gasteiger partial charge in [-0.25, -0.2) is 0 Å². The normalized spacial score (nSPS) is 11.2. The molecule has 0 heterocycles. The highest BCUT2D eigenvalue weighted by Crippen LogP contribution is 2.29. The molecule has 0 saturated heterocycles. The molecule has 0 atom stereocenters. The fraction of sp³-hybridized carbons (Fsp3) is 0.235. The number of alkyl halides is 3. The minimum atomic E-state index is -4.33. The molecule has 24 heavy (non-hydrogen) atoms. The Morgan fingerprint density at radius 3 is 2.58 bits per heavy atom. The van der Waals surface area contributed by atoms with Crippen LogP contribution in [0.5, 0.6) is 0 Å². The number of halogens is 4. The molecule has 0 unspecified atom stereocenters. The summed E-state index contributed by atoms with van der Waals surface area (Å²) in [6.45, 7) is 2.33. The van der Waals surface area contributed by atoms with Crippen LogP contribution in [0, 0.1) is 6.92 Å². The lowest BCUT2D eigenvalue weighted by atomic mass is 10.1. The van der Waals surface area contributed by atoms with Gasteiger partial charge >= 0.3 is 6.18 Å². The summed E-state index contributed by atoms with van der Waals surface area (Å²) in [6, 6.07) is 10.7. The maximum atomic E-state index is 12.7. The highest BCUT2D eigenvalue weighted by molar-refractivity contribution is 7.80. The number of anilines is 1. The van der Waals surface area contributed by atoms with E-state index in [0.29, 0.717) is 28.7 Å². The molecule has 0 bridgehead atoms. The lowest BCUT2D eigenvalue weighted by Crippen LogP contribution is -2.30. The van der Waals surface area contributed by atoms with Crippen LogP contribution in [-0.4, -0.2) is 11.7 Å². The molecule has 0 spiro atoms. The largest absolute Gasteiger partial charge is 0.416 e. The molecule has 2 aromatic carbocycles. The highest BCUT2D eigenvalue weighted by atomic mass is 35.5. The topological polar surface area (TPSA) is 24.1 Å². The van der Waals surface area contributed by atoms with E-state index < -0.39 is 11.7 Å². The van der Waals surface area contributed by atoms with Crippen LogP contribution in [-0.2, 0) is 12.6 Å². The molecule has 128 valence electrons. The number of aryl methyl sites for hydroxylation is 1. The third kappa shape index (κ3) is 5.39. The molecule has 0 saturated carbocycles. The first-order valence-corrected chi connectivity index (χ1v) is 8.01. The summed E-state index contributed by atoms with van der Waals surface area (Å²) < 4.78 is 38.0. The van der Waals surface area contributed by atoms with Gasteiger partial charge < -0.3 is 10.6 Å². The smallest absolute Gasteiger partial charge is 0.362 e. The van der Waals surface area contributed by atoms with Crippen LogP contribution < -0.4 is 10.6 Å². The zero-order valence-corrected chi connectivity index (χ0v) is 14.4. The fourth-order valence-corrected chi connectivity index (χ4v) is 2.60. The summed E-state index contributed by atoms with van der Waals surface area (Å²) in [5, 5.41) is 7.08. The van der Waals surface area contributed by atoms with Crippen molar-refractivity contribution in [2.75, 3.05) is 11.9 Å². The predicted octanol–water partition coefficient (Wildman–Crippen LogP) is 5.20. The van der Waals surface area contributed by atoms with Crippen molar-refractivity contribution in [3.63, 3.8) is 0 Å². The van der Waals surface area contributed by atoms with Gasteiger partial charge in [0.1, 0.15) is 0 Å². The van der Waals surface area contributed by atoms with Gasteiger partial charge in [0.25, 0.3) is 0 Å². The van der Waals surface area contributed by atoms with Gasteiger partial charge in [-0.1, -0.05) is 29.8 Å². The van der Waals surface area contributed by atoms with E-state index in [4.69, 9.17) is 23.8 Å². The minimum absolute atomic E-state index is 0.410. The lowest BCUT2D eigenvalue weighted by molar-refractivity contribution is -0.137. The van der Waals surface area contributed by atoms with E-state index in [-0.39, 0.29) is 0 Å². The summed E-state index contributed by atoms with van der Waals surface area (Å²) >= 11 is 11.1. The van der Waals surface area contributed by atoms with Crippen molar-refractivity contribution in [3.05, 3.63) is 64.2 Å². The summed E-state index contributed by atoms with van der Waals surface area (Å²) in [5.41, 5.74) is 1.74. The van der Waals surface area contributed by atoms with Crippen LogP contribution in [0.3, 0.4) is 0 Å². The van der Waals surface area contributed by atoms with E-state index in [0.717, 1.165) is 23.4 Å². The first-order chi connectivity index (χ1) is 11.3. The SMILES string of the molecule is Cc1cc(Cl)ccc1NC(=S)NCCc1cccc(C(F)(F)F)c1. The fourth-order valence-electron chi connectivity index (χ4n) is 2.16. The average Bonchev–Trinajstić information content (AvgIpc) is 2.50. The van der Waals surface area contributed by atoms with Crippen molar-refractivity contribution < 1.29 is 13.2 Å². The Bertz CT molecular complexity index is 732. The molecular weight excluding hydrogens is 357 g/mol. The van der Waals surface area contributed by atoms with Crippen LogP contribution in [0.25, 0.3) is 0 Å². The third-order valence-electron chi connectivity index (χ3n) is 3.39. The summed E-state index contributed by atoms with van der Waals surface area (Å²) in [7, 11) is 0. The Balaban J connectivity index is 1.87. The molecule has 2 nitrogen and oxygen atoms in total. The van der Waals surface area contributed by atoms with E-state index >= 15 is 0 Å². The summed E-state index contributed by atoms with van der Waals surface area (Å²) in [4.78, 5) is 0. The quantitative estimate of drug-likeness (QED) is 0.721. The van der Waals surface area contributed by atoms with Crippen molar-refractivity contribution in [2.24, 2.45) is 0 Å². The molecule has 2 rings (SSSR count). The van der Waals surface area contributed by atoms with Crippen LogP contribution >= 0.6 is 23.8 Å². The lowest BCUT2D eigenvalue weighted by Gasteiger charge is -2.13. The van der Waals surface area contributed by atoms with Gasteiger partial charge in [-0.2, -0.15) is 13.2 Å². The van der Waals surface area contributed by atoms with E-state index in [1.165, 1.54) is 6.07 Å². The molecule has 0 amide bonds. The van der Waals surface area contributed by atoms with Gasteiger partial charge in [0.05, 0.1) is 5.56 Å². The Kier molecular flexibility index (Phi) is 6.07. The molecule has 0 aliphatic carbocycles. The van der Waals surface area contributed by atoms with Crippen LogP contribution in [0.15, 0.2) is 42.5 Å². The first kappa shape index (κ1) is 18.5. The van der Waals surface area contributed by atoms with Crippen molar-refractivity contribution in [1.82, 2.24) is 5.32 Å². The summed E-state index contributed by atoms with van der Waals surface area (Å²) in [6.07, 6.45) is -3.89. The van der Waals surface area contributed by atoms with E-state index in [1.54, 1.807) is 12.1 Å². The molecule has 0 fully saturated rings. The molecule has 2 aromatic rings. The summed E-state index contributed by atoms with van der Waals surface area (Å²) in [5.74, 6) is 0. The van der Waals surface area contributed by atoms with E-state index in [9.17, 15) is 13.2 Å². The van der Waals surface area contributed by atoms with Crippen molar-refractivity contribution >= 4 is 34.6 Å². The maximum absolute atomic E-state index is 12.7. The van der Waals surface area contributed by atoms with Crippen LogP contribution in [0.2, 0.25) is 5.02 Å². The van der Waals surface area contributed by atoms with Crippen LogP contribution in [0.1, 0.15) is 16.7 Å². The van der Waals surface area contributed by atoms with Gasteiger partial charge in [-0.3, -0.25) is 0 Å². The molecule has 7 heteroatoms. The second-order valence-corrected chi connectivity index (χ2v) is 6.13. The van der Waals surface area contributed by atoms with E-state index in [2.05, 4.69) is 10.6 Å². The number of hydrogen-bond acceptors (Lipinski definition) is 1. The number of rotatable bonds is 4. The Morgan fingerprint density at radius 1 is 1.17 bits per heavy atom. The van der Waals surface area contributed by atoms with Crippen molar-refractivity contribution in [2.45, 2.75) is 19.5 Å². The van der Waals surface area contributed by atoms with Gasteiger partial charge in [0.15, 0.2) is 5.11 Å². The van der Waals surface area contributed by atoms with Crippen molar-refractivity contribution in [1.29, 1.82) is 0 Å². The van der Waals surface area contributed by atoms with Crippen LogP contribution in [0.4, 0.5) is 18.9 Å². The standard InChI is InChI=1S/C17H16ClF3N2S/c1-11-9-14(18)5-6-15(11)23-16(24)22-8-7-12-3-2-4-13(10-12)17(19,20)21/h2-6,9-10H,7-8H2,1H3,(H2,22,23,24). The van der Waals surface area contributed by atoms with Crippen molar-refractivity contribution in [3.8, 4) is 0 Å². The predicted molar refractivity (Wildman–Crippen MR) is 95.6 cm³/mol. The molecular formula is C17H16ClF3N2S.